The lowest BCUT2D eigenvalue weighted by Crippen LogP contribution is -2.30. The molecule has 70 valence electrons. The minimum atomic E-state index is -0.830. The fourth-order valence-electron chi connectivity index (χ4n) is 0.705. The van der Waals surface area contributed by atoms with Crippen molar-refractivity contribution in [3.63, 3.8) is 0 Å². The fraction of sp³-hybridized carbons (Fsp3) is 0.778. The Kier molecular flexibility index (Phi) is 3.43. The van der Waals surface area contributed by atoms with Gasteiger partial charge in [-0.3, -0.25) is 9.59 Å². The van der Waals surface area contributed by atoms with E-state index < -0.39 is 11.7 Å². The van der Waals surface area contributed by atoms with Crippen molar-refractivity contribution in [3.8, 4) is 0 Å². The van der Waals surface area contributed by atoms with Gasteiger partial charge in [0.05, 0.1) is 0 Å². The monoisotopic (exact) mass is 171 g/mol. The third-order valence-electron chi connectivity index (χ3n) is 2.45. The van der Waals surface area contributed by atoms with Crippen molar-refractivity contribution in [1.82, 2.24) is 0 Å². The highest BCUT2D eigenvalue weighted by atomic mass is 16.2. The van der Waals surface area contributed by atoms with Gasteiger partial charge in [-0.25, -0.2) is 0 Å². The van der Waals surface area contributed by atoms with E-state index >= 15 is 0 Å². The van der Waals surface area contributed by atoms with Crippen LogP contribution in [0.3, 0.4) is 0 Å². The average Bonchev–Trinajstić information content (AvgIpc) is 1.85. The summed E-state index contributed by atoms with van der Waals surface area (Å²) in [7, 11) is 0. The zero-order valence-electron chi connectivity index (χ0n) is 8.18. The molecule has 0 rings (SSSR count). The number of primary amides is 1. The first kappa shape index (κ1) is 11.1. The largest absolute Gasteiger partial charge is 0.363 e. The molecular weight excluding hydrogens is 154 g/mol. The van der Waals surface area contributed by atoms with Crippen molar-refractivity contribution in [2.45, 2.75) is 34.1 Å². The molecule has 0 aromatic rings. The van der Waals surface area contributed by atoms with Gasteiger partial charge in [0, 0.05) is 6.42 Å². The molecule has 1 amide bonds. The Morgan fingerprint density at radius 1 is 1.33 bits per heavy atom. The first-order valence-electron chi connectivity index (χ1n) is 4.10. The Hall–Kier alpha value is -0.860. The van der Waals surface area contributed by atoms with Crippen LogP contribution in [0.1, 0.15) is 34.1 Å². The third-order valence-corrected chi connectivity index (χ3v) is 2.45. The van der Waals surface area contributed by atoms with E-state index in [1.165, 1.54) is 0 Å². The Balaban J connectivity index is 4.25. The van der Waals surface area contributed by atoms with Crippen molar-refractivity contribution < 1.29 is 9.59 Å². The van der Waals surface area contributed by atoms with Crippen LogP contribution in [0.25, 0.3) is 0 Å². The predicted octanol–water partition coefficient (Wildman–Crippen LogP) is 1.11. The second-order valence-corrected chi connectivity index (χ2v) is 4.11. The summed E-state index contributed by atoms with van der Waals surface area (Å²) in [5.74, 6) is -0.946. The molecule has 0 radical (unpaired) electrons. The van der Waals surface area contributed by atoms with E-state index in [4.69, 9.17) is 5.73 Å². The molecule has 3 heteroatoms. The molecule has 0 aromatic carbocycles. The molecule has 3 nitrogen and oxygen atoms in total. The Morgan fingerprint density at radius 2 is 1.75 bits per heavy atom. The normalized spacial score (nSPS) is 11.8. The molecule has 0 atom stereocenters. The summed E-state index contributed by atoms with van der Waals surface area (Å²) in [4.78, 5) is 21.5. The summed E-state index contributed by atoms with van der Waals surface area (Å²) in [6.45, 7) is 7.96. The van der Waals surface area contributed by atoms with Crippen molar-refractivity contribution >= 4 is 11.7 Å². The number of rotatable bonds is 4. The van der Waals surface area contributed by atoms with Gasteiger partial charge >= 0.3 is 0 Å². The standard InChI is InChI=1S/C9H17NO2/c1-6(2)9(3,4)5-7(11)8(10)12/h6H,5H2,1-4H3,(H2,10,12). The highest BCUT2D eigenvalue weighted by Crippen LogP contribution is 2.29. The zero-order chi connectivity index (χ0) is 9.94. The molecule has 12 heavy (non-hydrogen) atoms. The summed E-state index contributed by atoms with van der Waals surface area (Å²) >= 11 is 0. The van der Waals surface area contributed by atoms with E-state index in [9.17, 15) is 9.59 Å². The summed E-state index contributed by atoms with van der Waals surface area (Å²) in [5, 5.41) is 0. The van der Waals surface area contributed by atoms with Crippen LogP contribution < -0.4 is 5.73 Å². The summed E-state index contributed by atoms with van der Waals surface area (Å²) in [6.07, 6.45) is 0.236. The van der Waals surface area contributed by atoms with Crippen LogP contribution in [-0.4, -0.2) is 11.7 Å². The molecule has 0 fully saturated rings. The highest BCUT2D eigenvalue weighted by Gasteiger charge is 2.27. The van der Waals surface area contributed by atoms with Gasteiger partial charge in [0.25, 0.3) is 5.91 Å². The first-order valence-corrected chi connectivity index (χ1v) is 4.10. The molecule has 0 saturated carbocycles. The fourth-order valence-corrected chi connectivity index (χ4v) is 0.705. The Morgan fingerprint density at radius 3 is 2.00 bits per heavy atom. The smallest absolute Gasteiger partial charge is 0.284 e. The number of amides is 1. The molecule has 0 aromatic heterocycles. The molecular formula is C9H17NO2. The number of Topliss-reactive ketones (excluding diaryl/α,β-unsaturated/α-hetero) is 1. The van der Waals surface area contributed by atoms with E-state index in [0.717, 1.165) is 0 Å². The van der Waals surface area contributed by atoms with Crippen LogP contribution in [0.15, 0.2) is 0 Å². The maximum atomic E-state index is 11.0. The van der Waals surface area contributed by atoms with E-state index in [1.54, 1.807) is 0 Å². The number of hydrogen-bond donors (Lipinski definition) is 1. The number of ketones is 1. The Bertz CT molecular complexity index is 195. The molecule has 0 spiro atoms. The molecule has 0 aliphatic carbocycles. The quantitative estimate of drug-likeness (QED) is 0.644. The summed E-state index contributed by atoms with van der Waals surface area (Å²) in [6, 6.07) is 0. The van der Waals surface area contributed by atoms with E-state index in [0.29, 0.717) is 5.92 Å². The van der Waals surface area contributed by atoms with Gasteiger partial charge in [-0.1, -0.05) is 27.7 Å². The van der Waals surface area contributed by atoms with Crippen LogP contribution in [0.4, 0.5) is 0 Å². The van der Waals surface area contributed by atoms with Gasteiger partial charge in [0.1, 0.15) is 0 Å². The van der Waals surface area contributed by atoms with Gasteiger partial charge in [0.2, 0.25) is 5.78 Å². The average molecular weight is 171 g/mol. The lowest BCUT2D eigenvalue weighted by atomic mass is 9.77. The van der Waals surface area contributed by atoms with Crippen LogP contribution in [0.5, 0.6) is 0 Å². The molecule has 0 bridgehead atoms. The predicted molar refractivity (Wildman–Crippen MR) is 47.4 cm³/mol. The Labute approximate surface area is 73.3 Å². The topological polar surface area (TPSA) is 60.2 Å². The molecule has 0 heterocycles. The lowest BCUT2D eigenvalue weighted by molar-refractivity contribution is -0.137. The van der Waals surface area contributed by atoms with E-state index in [1.807, 2.05) is 27.7 Å². The minimum absolute atomic E-state index is 0.147. The van der Waals surface area contributed by atoms with Crippen molar-refractivity contribution in [2.24, 2.45) is 17.1 Å². The molecule has 0 aliphatic rings. The van der Waals surface area contributed by atoms with Crippen molar-refractivity contribution in [2.75, 3.05) is 0 Å². The van der Waals surface area contributed by atoms with Crippen molar-refractivity contribution in [3.05, 3.63) is 0 Å². The molecule has 0 aliphatic heterocycles. The number of carbonyl (C=O) groups excluding carboxylic acids is 2. The van der Waals surface area contributed by atoms with Gasteiger partial charge in [-0.2, -0.15) is 0 Å². The van der Waals surface area contributed by atoms with Crippen LogP contribution in [-0.2, 0) is 9.59 Å². The highest BCUT2D eigenvalue weighted by molar-refractivity contribution is 6.35. The van der Waals surface area contributed by atoms with E-state index in [2.05, 4.69) is 0 Å². The second kappa shape index (κ2) is 3.70. The van der Waals surface area contributed by atoms with Crippen LogP contribution in [0.2, 0.25) is 0 Å². The maximum Gasteiger partial charge on any atom is 0.284 e. The first-order chi connectivity index (χ1) is 5.27. The van der Waals surface area contributed by atoms with Crippen LogP contribution >= 0.6 is 0 Å². The number of hydrogen-bond acceptors (Lipinski definition) is 2. The lowest BCUT2D eigenvalue weighted by Gasteiger charge is -2.27. The van der Waals surface area contributed by atoms with Gasteiger partial charge in [0.15, 0.2) is 0 Å². The molecule has 0 saturated heterocycles. The van der Waals surface area contributed by atoms with Gasteiger partial charge in [-0.15, -0.1) is 0 Å². The maximum absolute atomic E-state index is 11.0. The third kappa shape index (κ3) is 3.03. The number of carbonyl (C=O) groups is 2. The summed E-state index contributed by atoms with van der Waals surface area (Å²) < 4.78 is 0. The zero-order valence-corrected chi connectivity index (χ0v) is 8.18. The van der Waals surface area contributed by atoms with Crippen molar-refractivity contribution in [1.29, 1.82) is 0 Å². The van der Waals surface area contributed by atoms with Crippen LogP contribution in [0, 0.1) is 11.3 Å². The summed E-state index contributed by atoms with van der Waals surface area (Å²) in [5.41, 5.74) is 4.71. The van der Waals surface area contributed by atoms with Gasteiger partial charge < -0.3 is 5.73 Å². The second-order valence-electron chi connectivity index (χ2n) is 4.11. The molecule has 0 unspecified atom stereocenters. The molecule has 2 N–H and O–H groups in total. The SMILES string of the molecule is CC(C)C(C)(C)CC(=O)C(N)=O. The minimum Gasteiger partial charge on any atom is -0.363 e. The van der Waals surface area contributed by atoms with Gasteiger partial charge in [-0.05, 0) is 11.3 Å². The van der Waals surface area contributed by atoms with E-state index in [-0.39, 0.29) is 11.8 Å². The number of nitrogens with two attached hydrogens (primary N) is 1.